The minimum Gasteiger partial charge on any atom is -0.497 e. The number of carboxylic acid groups (broad SMARTS) is 1. The highest BCUT2D eigenvalue weighted by Gasteiger charge is 2.11. The van der Waals surface area contributed by atoms with Gasteiger partial charge < -0.3 is 9.84 Å². The largest absolute Gasteiger partial charge is 0.497 e. The van der Waals surface area contributed by atoms with E-state index in [0.29, 0.717) is 0 Å². The Bertz CT molecular complexity index is 340. The van der Waals surface area contributed by atoms with Crippen LogP contribution < -0.4 is 4.74 Å². The average Bonchev–Trinajstić information content (AvgIpc) is 2.26. The van der Waals surface area contributed by atoms with Crippen LogP contribution in [0.3, 0.4) is 0 Å². The van der Waals surface area contributed by atoms with Gasteiger partial charge in [-0.3, -0.25) is 4.79 Å². The minimum atomic E-state index is -0.823. The molecule has 1 N–H and O–H groups in total. The number of ether oxygens (including phenoxy) is 1. The molecule has 1 atom stereocenters. The fourth-order valence-electron chi connectivity index (χ4n) is 1.38. The number of allylic oxidation sites excluding steroid dienone is 1. The molecule has 0 saturated carbocycles. The lowest BCUT2D eigenvalue weighted by Gasteiger charge is -2.10. The second-order valence-electron chi connectivity index (χ2n) is 3.21. The minimum absolute atomic E-state index is 0.0653. The molecule has 0 fully saturated rings. The van der Waals surface area contributed by atoms with Gasteiger partial charge in [-0.2, -0.15) is 0 Å². The van der Waals surface area contributed by atoms with E-state index in [-0.39, 0.29) is 12.3 Å². The lowest BCUT2D eigenvalue weighted by atomic mass is 9.96. The van der Waals surface area contributed by atoms with Gasteiger partial charge in [0.1, 0.15) is 5.75 Å². The standard InChI is InChI=1S/C12H14O3/c1-3-9(8-12(13)14)10-4-6-11(15-2)7-5-10/h3-7,9H,1,8H2,2H3,(H,13,14). The Morgan fingerprint density at radius 3 is 2.53 bits per heavy atom. The van der Waals surface area contributed by atoms with Crippen LogP contribution in [-0.2, 0) is 4.79 Å². The molecular formula is C12H14O3. The Labute approximate surface area is 89.0 Å². The Balaban J connectivity index is 2.82. The van der Waals surface area contributed by atoms with Gasteiger partial charge >= 0.3 is 5.97 Å². The molecule has 0 aromatic heterocycles. The number of hydrogen-bond donors (Lipinski definition) is 1. The van der Waals surface area contributed by atoms with Gasteiger partial charge in [-0.25, -0.2) is 0 Å². The fourth-order valence-corrected chi connectivity index (χ4v) is 1.38. The first-order valence-electron chi connectivity index (χ1n) is 4.65. The monoisotopic (exact) mass is 206 g/mol. The highest BCUT2D eigenvalue weighted by molar-refractivity contribution is 5.68. The lowest BCUT2D eigenvalue weighted by molar-refractivity contribution is -0.137. The van der Waals surface area contributed by atoms with Crippen LogP contribution in [0.25, 0.3) is 0 Å². The maximum absolute atomic E-state index is 10.6. The number of methoxy groups -OCH3 is 1. The molecule has 1 rings (SSSR count). The third-order valence-corrected chi connectivity index (χ3v) is 2.22. The van der Waals surface area contributed by atoms with Gasteiger partial charge in [0, 0.05) is 5.92 Å². The summed E-state index contributed by atoms with van der Waals surface area (Å²) in [6, 6.07) is 7.34. The third kappa shape index (κ3) is 3.13. The quantitative estimate of drug-likeness (QED) is 0.752. The summed E-state index contributed by atoms with van der Waals surface area (Å²) in [6.45, 7) is 3.64. The number of carbonyl (C=O) groups is 1. The van der Waals surface area contributed by atoms with Gasteiger partial charge in [0.25, 0.3) is 0 Å². The van der Waals surface area contributed by atoms with Crippen LogP contribution in [0.5, 0.6) is 5.75 Å². The first-order valence-corrected chi connectivity index (χ1v) is 4.65. The zero-order valence-electron chi connectivity index (χ0n) is 8.64. The molecule has 0 amide bonds. The van der Waals surface area contributed by atoms with Crippen LogP contribution in [0.15, 0.2) is 36.9 Å². The molecule has 1 aromatic carbocycles. The third-order valence-electron chi connectivity index (χ3n) is 2.22. The molecule has 15 heavy (non-hydrogen) atoms. The van der Waals surface area contributed by atoms with Crippen molar-refractivity contribution in [2.24, 2.45) is 0 Å². The molecule has 1 aromatic rings. The van der Waals surface area contributed by atoms with E-state index >= 15 is 0 Å². The molecule has 3 heteroatoms. The van der Waals surface area contributed by atoms with Crippen LogP contribution >= 0.6 is 0 Å². The van der Waals surface area contributed by atoms with E-state index in [9.17, 15) is 4.79 Å². The first kappa shape index (κ1) is 11.3. The predicted molar refractivity (Wildman–Crippen MR) is 58.2 cm³/mol. The van der Waals surface area contributed by atoms with Crippen LogP contribution in [0.2, 0.25) is 0 Å². The molecule has 1 unspecified atom stereocenters. The average molecular weight is 206 g/mol. The molecule has 0 bridgehead atoms. The van der Waals surface area contributed by atoms with Crippen molar-refractivity contribution in [1.82, 2.24) is 0 Å². The summed E-state index contributed by atoms with van der Waals surface area (Å²) < 4.78 is 5.02. The summed E-state index contributed by atoms with van der Waals surface area (Å²) in [5.74, 6) is -0.207. The van der Waals surface area contributed by atoms with Gasteiger partial charge in [0.05, 0.1) is 13.5 Å². The molecule has 0 aliphatic rings. The Morgan fingerprint density at radius 1 is 1.53 bits per heavy atom. The second-order valence-corrected chi connectivity index (χ2v) is 3.21. The van der Waals surface area contributed by atoms with E-state index in [4.69, 9.17) is 9.84 Å². The van der Waals surface area contributed by atoms with E-state index in [1.54, 1.807) is 13.2 Å². The predicted octanol–water partition coefficient (Wildman–Crippen LogP) is 2.44. The van der Waals surface area contributed by atoms with Crippen molar-refractivity contribution < 1.29 is 14.6 Å². The highest BCUT2D eigenvalue weighted by atomic mass is 16.5. The van der Waals surface area contributed by atoms with Crippen molar-refractivity contribution in [2.45, 2.75) is 12.3 Å². The van der Waals surface area contributed by atoms with Crippen molar-refractivity contribution in [1.29, 1.82) is 0 Å². The maximum Gasteiger partial charge on any atom is 0.304 e. The van der Waals surface area contributed by atoms with Gasteiger partial charge in [-0.05, 0) is 17.7 Å². The summed E-state index contributed by atoms with van der Waals surface area (Å²) in [7, 11) is 1.59. The number of rotatable bonds is 5. The van der Waals surface area contributed by atoms with Crippen LogP contribution in [-0.4, -0.2) is 18.2 Å². The van der Waals surface area contributed by atoms with E-state index in [1.165, 1.54) is 0 Å². The molecular weight excluding hydrogens is 192 g/mol. The van der Waals surface area contributed by atoms with Gasteiger partial charge in [0.15, 0.2) is 0 Å². The Kier molecular flexibility index (Phi) is 3.92. The SMILES string of the molecule is C=CC(CC(=O)O)c1ccc(OC)cc1. The molecule has 0 heterocycles. The number of carboxylic acids is 1. The van der Waals surface area contributed by atoms with Gasteiger partial charge in [-0.1, -0.05) is 18.2 Å². The van der Waals surface area contributed by atoms with E-state index in [2.05, 4.69) is 6.58 Å². The summed E-state index contributed by atoms with van der Waals surface area (Å²) in [5, 5.41) is 8.70. The van der Waals surface area contributed by atoms with Crippen molar-refractivity contribution in [3.8, 4) is 5.75 Å². The summed E-state index contributed by atoms with van der Waals surface area (Å²) in [4.78, 5) is 10.6. The van der Waals surface area contributed by atoms with Crippen LogP contribution in [0.4, 0.5) is 0 Å². The highest BCUT2D eigenvalue weighted by Crippen LogP contribution is 2.23. The van der Waals surface area contributed by atoms with E-state index in [0.717, 1.165) is 11.3 Å². The number of benzene rings is 1. The molecule has 80 valence electrons. The van der Waals surface area contributed by atoms with Crippen molar-refractivity contribution in [3.63, 3.8) is 0 Å². The molecule has 0 aliphatic heterocycles. The molecule has 0 spiro atoms. The summed E-state index contributed by atoms with van der Waals surface area (Å²) >= 11 is 0. The Hall–Kier alpha value is -1.77. The van der Waals surface area contributed by atoms with Crippen molar-refractivity contribution in [2.75, 3.05) is 7.11 Å². The number of aliphatic carboxylic acids is 1. The van der Waals surface area contributed by atoms with E-state index in [1.807, 2.05) is 24.3 Å². The summed E-state index contributed by atoms with van der Waals surface area (Å²) in [6.07, 6.45) is 1.71. The van der Waals surface area contributed by atoms with E-state index < -0.39 is 5.97 Å². The molecule has 3 nitrogen and oxygen atoms in total. The smallest absolute Gasteiger partial charge is 0.304 e. The molecule has 0 aliphatic carbocycles. The fraction of sp³-hybridized carbons (Fsp3) is 0.250. The van der Waals surface area contributed by atoms with Crippen molar-refractivity contribution in [3.05, 3.63) is 42.5 Å². The molecule has 0 saturated heterocycles. The Morgan fingerprint density at radius 2 is 2.13 bits per heavy atom. The normalized spacial score (nSPS) is 11.8. The van der Waals surface area contributed by atoms with Crippen LogP contribution in [0, 0.1) is 0 Å². The lowest BCUT2D eigenvalue weighted by Crippen LogP contribution is -2.03. The zero-order chi connectivity index (χ0) is 11.3. The van der Waals surface area contributed by atoms with Crippen molar-refractivity contribution >= 4 is 5.97 Å². The first-order chi connectivity index (χ1) is 7.17. The van der Waals surface area contributed by atoms with Gasteiger partial charge in [0.2, 0.25) is 0 Å². The maximum atomic E-state index is 10.6. The zero-order valence-corrected chi connectivity index (χ0v) is 8.64. The van der Waals surface area contributed by atoms with Crippen LogP contribution in [0.1, 0.15) is 17.9 Å². The summed E-state index contributed by atoms with van der Waals surface area (Å²) in [5.41, 5.74) is 0.938. The topological polar surface area (TPSA) is 46.5 Å². The number of hydrogen-bond acceptors (Lipinski definition) is 2. The molecule has 0 radical (unpaired) electrons. The second kappa shape index (κ2) is 5.20. The van der Waals surface area contributed by atoms with Gasteiger partial charge in [-0.15, -0.1) is 6.58 Å².